The summed E-state index contributed by atoms with van der Waals surface area (Å²) in [7, 11) is 0. The van der Waals surface area contributed by atoms with E-state index in [2.05, 4.69) is 27.7 Å². The van der Waals surface area contributed by atoms with Crippen LogP contribution in [0.2, 0.25) is 0 Å². The zero-order valence-electron chi connectivity index (χ0n) is 8.63. The Hall–Kier alpha value is -0.0800. The quantitative estimate of drug-likeness (QED) is 0.701. The number of hydrogen-bond donors (Lipinski definition) is 1. The van der Waals surface area contributed by atoms with Crippen LogP contribution >= 0.6 is 0 Å². The molecule has 2 N–H and O–H groups in total. The van der Waals surface area contributed by atoms with Crippen LogP contribution in [0.25, 0.3) is 0 Å². The molecule has 1 saturated carbocycles. The van der Waals surface area contributed by atoms with Crippen LogP contribution in [-0.2, 0) is 4.74 Å². The van der Waals surface area contributed by atoms with Crippen LogP contribution in [0.15, 0.2) is 0 Å². The monoisotopic (exact) mass is 171 g/mol. The van der Waals surface area contributed by atoms with Crippen molar-refractivity contribution in [3.05, 3.63) is 0 Å². The van der Waals surface area contributed by atoms with E-state index in [4.69, 9.17) is 10.5 Å². The normalized spacial score (nSPS) is 33.5. The summed E-state index contributed by atoms with van der Waals surface area (Å²) in [6, 6.07) is 0.301. The lowest BCUT2D eigenvalue weighted by Gasteiger charge is -2.33. The van der Waals surface area contributed by atoms with Crippen LogP contribution in [0.1, 0.15) is 40.5 Å². The van der Waals surface area contributed by atoms with Crippen molar-refractivity contribution < 1.29 is 4.74 Å². The number of ether oxygens (including phenoxy) is 1. The molecule has 0 aliphatic heterocycles. The van der Waals surface area contributed by atoms with Gasteiger partial charge in [-0.3, -0.25) is 0 Å². The zero-order chi connectivity index (χ0) is 9.35. The maximum Gasteiger partial charge on any atom is 0.0750 e. The average Bonchev–Trinajstić information content (AvgIpc) is 2.66. The molecule has 3 unspecified atom stereocenters. The summed E-state index contributed by atoms with van der Waals surface area (Å²) in [5.41, 5.74) is 5.73. The van der Waals surface area contributed by atoms with Gasteiger partial charge in [-0.1, -0.05) is 20.8 Å². The van der Waals surface area contributed by atoms with Crippen molar-refractivity contribution in [2.24, 2.45) is 11.7 Å². The minimum Gasteiger partial charge on any atom is -0.370 e. The molecule has 0 bridgehead atoms. The summed E-state index contributed by atoms with van der Waals surface area (Å²) >= 11 is 0. The topological polar surface area (TPSA) is 35.2 Å². The van der Waals surface area contributed by atoms with Crippen molar-refractivity contribution in [1.82, 2.24) is 0 Å². The van der Waals surface area contributed by atoms with Gasteiger partial charge < -0.3 is 10.5 Å². The van der Waals surface area contributed by atoms with Crippen molar-refractivity contribution >= 4 is 0 Å². The van der Waals surface area contributed by atoms with Gasteiger partial charge in [0.2, 0.25) is 0 Å². The highest BCUT2D eigenvalue weighted by Crippen LogP contribution is 2.34. The minimum absolute atomic E-state index is 0.0266. The SMILES string of the molecule is CCC(C)(OC1CC1N)C(C)C. The van der Waals surface area contributed by atoms with Crippen molar-refractivity contribution in [3.8, 4) is 0 Å². The summed E-state index contributed by atoms with van der Waals surface area (Å²) in [6.07, 6.45) is 2.44. The zero-order valence-corrected chi connectivity index (χ0v) is 8.63. The second-order valence-electron chi connectivity index (χ2n) is 4.38. The summed E-state index contributed by atoms with van der Waals surface area (Å²) < 4.78 is 5.95. The highest BCUT2D eigenvalue weighted by atomic mass is 16.5. The predicted octanol–water partition coefficient (Wildman–Crippen LogP) is 1.93. The molecule has 1 rings (SSSR count). The standard InChI is InChI=1S/C10H21NO/c1-5-10(4,7(2)3)12-9-6-8(9)11/h7-9H,5-6,11H2,1-4H3. The fraction of sp³-hybridized carbons (Fsp3) is 1.00. The Morgan fingerprint density at radius 1 is 1.58 bits per heavy atom. The van der Waals surface area contributed by atoms with Gasteiger partial charge in [0.25, 0.3) is 0 Å². The Balaban J connectivity index is 2.44. The van der Waals surface area contributed by atoms with Gasteiger partial charge in [0, 0.05) is 6.04 Å². The molecule has 0 spiro atoms. The molecule has 3 atom stereocenters. The van der Waals surface area contributed by atoms with Crippen LogP contribution < -0.4 is 5.73 Å². The third kappa shape index (κ3) is 1.99. The molecule has 0 amide bonds. The summed E-state index contributed by atoms with van der Waals surface area (Å²) in [5.74, 6) is 0.565. The molecule has 0 heterocycles. The first kappa shape index (κ1) is 10.0. The first-order chi connectivity index (χ1) is 5.49. The lowest BCUT2D eigenvalue weighted by Crippen LogP contribution is -2.36. The molecule has 0 radical (unpaired) electrons. The van der Waals surface area contributed by atoms with Gasteiger partial charge in [0.15, 0.2) is 0 Å². The first-order valence-corrected chi connectivity index (χ1v) is 4.93. The molecule has 72 valence electrons. The summed E-state index contributed by atoms with van der Waals surface area (Å²) in [4.78, 5) is 0. The Morgan fingerprint density at radius 3 is 2.33 bits per heavy atom. The third-order valence-corrected chi connectivity index (χ3v) is 3.12. The van der Waals surface area contributed by atoms with Crippen LogP contribution in [-0.4, -0.2) is 17.7 Å². The van der Waals surface area contributed by atoms with Crippen molar-refractivity contribution in [2.45, 2.75) is 58.3 Å². The molecular formula is C10H21NO. The molecule has 1 aliphatic carbocycles. The largest absolute Gasteiger partial charge is 0.370 e. The average molecular weight is 171 g/mol. The van der Waals surface area contributed by atoms with E-state index in [1.165, 1.54) is 0 Å². The van der Waals surface area contributed by atoms with Crippen molar-refractivity contribution in [2.75, 3.05) is 0 Å². The van der Waals surface area contributed by atoms with E-state index >= 15 is 0 Å². The lowest BCUT2D eigenvalue weighted by atomic mass is 9.89. The van der Waals surface area contributed by atoms with E-state index in [1.807, 2.05) is 0 Å². The molecule has 2 heteroatoms. The molecule has 0 aromatic rings. The van der Waals surface area contributed by atoms with E-state index in [9.17, 15) is 0 Å². The van der Waals surface area contributed by atoms with Gasteiger partial charge in [-0.2, -0.15) is 0 Å². The maximum atomic E-state index is 5.95. The molecular weight excluding hydrogens is 150 g/mol. The highest BCUT2D eigenvalue weighted by molar-refractivity contribution is 4.95. The molecule has 1 fully saturated rings. The second-order valence-corrected chi connectivity index (χ2v) is 4.38. The molecule has 2 nitrogen and oxygen atoms in total. The number of hydrogen-bond acceptors (Lipinski definition) is 2. The highest BCUT2D eigenvalue weighted by Gasteiger charge is 2.41. The molecule has 12 heavy (non-hydrogen) atoms. The fourth-order valence-corrected chi connectivity index (χ4v) is 1.30. The lowest BCUT2D eigenvalue weighted by molar-refractivity contribution is -0.0788. The van der Waals surface area contributed by atoms with Gasteiger partial charge >= 0.3 is 0 Å². The number of rotatable bonds is 4. The van der Waals surface area contributed by atoms with Crippen LogP contribution in [0.5, 0.6) is 0 Å². The Kier molecular flexibility index (Phi) is 2.79. The Labute approximate surface area is 75.5 Å². The van der Waals surface area contributed by atoms with E-state index in [0.717, 1.165) is 12.8 Å². The van der Waals surface area contributed by atoms with Gasteiger partial charge in [0.1, 0.15) is 0 Å². The van der Waals surface area contributed by atoms with E-state index < -0.39 is 0 Å². The van der Waals surface area contributed by atoms with Crippen molar-refractivity contribution in [1.29, 1.82) is 0 Å². The van der Waals surface area contributed by atoms with Gasteiger partial charge in [-0.05, 0) is 25.7 Å². The van der Waals surface area contributed by atoms with Crippen LogP contribution in [0.3, 0.4) is 0 Å². The van der Waals surface area contributed by atoms with E-state index in [-0.39, 0.29) is 5.60 Å². The van der Waals surface area contributed by atoms with Gasteiger partial charge in [-0.15, -0.1) is 0 Å². The first-order valence-electron chi connectivity index (χ1n) is 4.93. The Morgan fingerprint density at radius 2 is 2.08 bits per heavy atom. The van der Waals surface area contributed by atoms with Gasteiger partial charge in [-0.25, -0.2) is 0 Å². The molecule has 0 aromatic carbocycles. The smallest absolute Gasteiger partial charge is 0.0750 e. The molecule has 0 aromatic heterocycles. The predicted molar refractivity (Wildman–Crippen MR) is 51.0 cm³/mol. The molecule has 1 aliphatic rings. The minimum atomic E-state index is 0.0266. The third-order valence-electron chi connectivity index (χ3n) is 3.12. The van der Waals surface area contributed by atoms with Gasteiger partial charge in [0.05, 0.1) is 11.7 Å². The summed E-state index contributed by atoms with van der Waals surface area (Å²) in [6.45, 7) is 8.77. The van der Waals surface area contributed by atoms with E-state index in [0.29, 0.717) is 18.1 Å². The number of nitrogens with two attached hydrogens (primary N) is 1. The Bertz CT molecular complexity index is 158. The fourth-order valence-electron chi connectivity index (χ4n) is 1.30. The van der Waals surface area contributed by atoms with Crippen LogP contribution in [0.4, 0.5) is 0 Å². The van der Waals surface area contributed by atoms with Crippen LogP contribution in [0, 0.1) is 5.92 Å². The summed E-state index contributed by atoms with van der Waals surface area (Å²) in [5, 5.41) is 0. The van der Waals surface area contributed by atoms with E-state index in [1.54, 1.807) is 0 Å². The second kappa shape index (κ2) is 3.35. The van der Waals surface area contributed by atoms with Crippen molar-refractivity contribution in [3.63, 3.8) is 0 Å². The maximum absolute atomic E-state index is 5.95. The molecule has 0 saturated heterocycles.